The number of halogens is 1. The molecule has 0 saturated heterocycles. The second-order valence-corrected chi connectivity index (χ2v) is 4.01. The molecule has 0 radical (unpaired) electrons. The summed E-state index contributed by atoms with van der Waals surface area (Å²) < 4.78 is 18.8. The van der Waals surface area contributed by atoms with Gasteiger partial charge in [0.2, 0.25) is 9.05 Å². The third-order valence-electron chi connectivity index (χ3n) is 0. The second kappa shape index (κ2) is 7.62. The van der Waals surface area contributed by atoms with Gasteiger partial charge in [0.05, 0.1) is 6.26 Å². The van der Waals surface area contributed by atoms with Crippen LogP contribution < -0.4 is 29.6 Å². The van der Waals surface area contributed by atoms with Crippen LogP contribution in [0.3, 0.4) is 0 Å². The Morgan fingerprint density at radius 2 is 1.50 bits per heavy atom. The predicted octanol–water partition coefficient (Wildman–Crippen LogP) is -2.48. The van der Waals surface area contributed by atoms with Gasteiger partial charge in [-0.2, -0.15) is 0 Å². The Labute approximate surface area is 86.2 Å². The summed E-state index contributed by atoms with van der Waals surface area (Å²) in [5.41, 5.74) is 0. The average Bonchev–Trinajstić information content (AvgIpc) is 1.19. The first-order valence-corrected chi connectivity index (χ1v) is 4.26. The van der Waals surface area contributed by atoms with Crippen molar-refractivity contribution in [1.82, 2.24) is 0 Å². The molecule has 2 N–H and O–H groups in total. The Hall–Kier alpha value is 0.510. The van der Waals surface area contributed by atoms with Gasteiger partial charge in [0.25, 0.3) is 0 Å². The van der Waals surface area contributed by atoms with Gasteiger partial charge in [-0.05, 0) is 0 Å². The van der Waals surface area contributed by atoms with E-state index in [4.69, 9.17) is 15.0 Å². The van der Waals surface area contributed by atoms with Crippen molar-refractivity contribution in [2.24, 2.45) is 0 Å². The molecule has 5 nitrogen and oxygen atoms in total. The molecule has 58 valence electrons. The maximum absolute atomic E-state index is 9.40. The van der Waals surface area contributed by atoms with Crippen molar-refractivity contribution in [1.29, 1.82) is 0 Å². The number of carbonyl (C=O) groups is 1. The van der Waals surface area contributed by atoms with Gasteiger partial charge in [0.15, 0.2) is 0 Å². The van der Waals surface area contributed by atoms with Gasteiger partial charge < -0.3 is 11.6 Å². The molecule has 0 spiro atoms. The van der Waals surface area contributed by atoms with Crippen molar-refractivity contribution in [3.8, 4) is 0 Å². The van der Waals surface area contributed by atoms with E-state index in [0.29, 0.717) is 0 Å². The van der Waals surface area contributed by atoms with Crippen molar-refractivity contribution >= 4 is 25.9 Å². The molecular weight excluding hydrogens is 195 g/mol. The fourth-order valence-electron chi connectivity index (χ4n) is 0. The molecule has 0 aromatic carbocycles. The van der Waals surface area contributed by atoms with Crippen LogP contribution >= 0.6 is 10.7 Å². The van der Waals surface area contributed by atoms with Crippen LogP contribution in [0.2, 0.25) is 0 Å². The van der Waals surface area contributed by atoms with Crippen molar-refractivity contribution in [3.63, 3.8) is 0 Å². The maximum atomic E-state index is 9.40. The predicted molar refractivity (Wildman–Crippen MR) is 32.5 cm³/mol. The molecule has 0 amide bonds. The third-order valence-corrected chi connectivity index (χ3v) is 0. The Bertz CT molecular complexity index is 167. The van der Waals surface area contributed by atoms with Gasteiger partial charge in [0, 0.05) is 10.7 Å². The van der Waals surface area contributed by atoms with Crippen molar-refractivity contribution in [2.45, 2.75) is 0 Å². The fourth-order valence-corrected chi connectivity index (χ4v) is 0. The molecule has 0 atom stereocenters. The van der Waals surface area contributed by atoms with Gasteiger partial charge >= 0.3 is 35.7 Å². The number of hydrogen-bond donors (Lipinski definition) is 2. The number of carboxylic acid groups (broad SMARTS) is 2. The van der Waals surface area contributed by atoms with Crippen LogP contribution in [-0.2, 0) is 9.05 Å². The minimum absolute atomic E-state index is 0. The van der Waals surface area contributed by atoms with Crippen LogP contribution in [-0.4, -0.2) is 31.0 Å². The van der Waals surface area contributed by atoms with E-state index in [1.807, 2.05) is 0 Å². The van der Waals surface area contributed by atoms with Crippen LogP contribution in [0, 0.1) is 0 Å². The average molecular weight is 201 g/mol. The molecule has 8 heteroatoms. The number of rotatable bonds is 0. The molecule has 10 heavy (non-hydrogen) atoms. The summed E-state index contributed by atoms with van der Waals surface area (Å²) in [6.45, 7) is 0. The standard InChI is InChI=1S/CH3ClO2S.CH2O3.Na.H/c1-5(2,3)4;2-1(3)4;;/h1H3;(H2,2,3,4);;/q;;+1;-1. The molecule has 0 rings (SSSR count). The van der Waals surface area contributed by atoms with E-state index in [1.165, 1.54) is 0 Å². The van der Waals surface area contributed by atoms with E-state index >= 15 is 0 Å². The fraction of sp³-hybridized carbons (Fsp3) is 0.500. The second-order valence-electron chi connectivity index (χ2n) is 0.964. The quantitative estimate of drug-likeness (QED) is 0.334. The van der Waals surface area contributed by atoms with E-state index in [9.17, 15) is 8.42 Å². The maximum Gasteiger partial charge on any atom is 1.00 e. The van der Waals surface area contributed by atoms with E-state index in [0.717, 1.165) is 6.26 Å². The SMILES string of the molecule is CS(=O)(=O)Cl.O=C(O)O.[H-].[Na+]. The Morgan fingerprint density at radius 1 is 1.50 bits per heavy atom. The van der Waals surface area contributed by atoms with Crippen LogP contribution in [0.25, 0.3) is 0 Å². The van der Waals surface area contributed by atoms with Crippen LogP contribution in [0.1, 0.15) is 1.43 Å². The van der Waals surface area contributed by atoms with Crippen LogP contribution in [0.15, 0.2) is 0 Å². The van der Waals surface area contributed by atoms with Crippen molar-refractivity contribution in [2.75, 3.05) is 6.26 Å². The van der Waals surface area contributed by atoms with E-state index < -0.39 is 15.2 Å². The van der Waals surface area contributed by atoms with E-state index in [-0.39, 0.29) is 31.0 Å². The van der Waals surface area contributed by atoms with Crippen molar-refractivity contribution < 1.29 is 54.4 Å². The Morgan fingerprint density at radius 3 is 1.50 bits per heavy atom. The number of hydrogen-bond acceptors (Lipinski definition) is 3. The van der Waals surface area contributed by atoms with Crippen LogP contribution in [0.5, 0.6) is 0 Å². The summed E-state index contributed by atoms with van der Waals surface area (Å²) >= 11 is 0. The molecule has 0 aliphatic carbocycles. The van der Waals surface area contributed by atoms with Gasteiger partial charge in [0.1, 0.15) is 0 Å². The molecule has 0 aliphatic rings. The smallest absolute Gasteiger partial charge is 1.00 e. The minimum Gasteiger partial charge on any atom is -1.00 e. The van der Waals surface area contributed by atoms with Gasteiger partial charge in [-0.1, -0.05) is 0 Å². The topological polar surface area (TPSA) is 91.7 Å². The molecule has 0 unspecified atom stereocenters. The molecule has 0 aliphatic heterocycles. The zero-order valence-electron chi connectivity index (χ0n) is 6.41. The first kappa shape index (κ1) is 16.9. The first-order chi connectivity index (χ1) is 3.73. The summed E-state index contributed by atoms with van der Waals surface area (Å²) in [6, 6.07) is 0. The summed E-state index contributed by atoms with van der Waals surface area (Å²) in [7, 11) is 1.31. The van der Waals surface area contributed by atoms with Crippen LogP contribution in [0.4, 0.5) is 4.79 Å². The van der Waals surface area contributed by atoms with Gasteiger partial charge in [-0.3, -0.25) is 0 Å². The monoisotopic (exact) mass is 200 g/mol. The molecule has 0 fully saturated rings. The largest absolute Gasteiger partial charge is 1.00 e. The Kier molecular flexibility index (Phi) is 12.8. The summed E-state index contributed by atoms with van der Waals surface area (Å²) in [5, 5.41) is 13.9. The minimum atomic E-state index is -3.19. The van der Waals surface area contributed by atoms with Crippen molar-refractivity contribution in [3.05, 3.63) is 0 Å². The molecule has 0 saturated carbocycles. The molecule has 0 aromatic rings. The molecule has 0 aromatic heterocycles. The summed E-state index contributed by atoms with van der Waals surface area (Å²) in [5.74, 6) is 0. The molecule has 0 bridgehead atoms. The summed E-state index contributed by atoms with van der Waals surface area (Å²) in [6.07, 6.45) is -0.908. The van der Waals surface area contributed by atoms with Gasteiger partial charge in [-0.25, -0.2) is 13.2 Å². The zero-order valence-corrected chi connectivity index (χ0v) is 8.98. The molecular formula is C2H6ClNaO5S. The summed E-state index contributed by atoms with van der Waals surface area (Å²) in [4.78, 5) is 8.56. The van der Waals surface area contributed by atoms with Gasteiger partial charge in [-0.15, -0.1) is 0 Å². The normalized spacial score (nSPS) is 8.20. The first-order valence-electron chi connectivity index (χ1n) is 1.55. The third kappa shape index (κ3) is 1850. The Balaban J connectivity index is -0.0000000383. The molecule has 0 heterocycles. The van der Waals surface area contributed by atoms with E-state index in [1.54, 1.807) is 0 Å². The zero-order chi connectivity index (χ0) is 8.08. The van der Waals surface area contributed by atoms with E-state index in [2.05, 4.69) is 10.7 Å².